The molecule has 8 heteroatoms. The molecule has 1 aromatic rings. The van der Waals surface area contributed by atoms with E-state index >= 15 is 0 Å². The molecule has 0 bridgehead atoms. The minimum Gasteiger partial charge on any atom is -0.368 e. The second-order valence-corrected chi connectivity index (χ2v) is 9.43. The molecule has 0 aromatic carbocycles. The van der Waals surface area contributed by atoms with Crippen molar-refractivity contribution in [3.63, 3.8) is 0 Å². The first-order chi connectivity index (χ1) is 15.1. The summed E-state index contributed by atoms with van der Waals surface area (Å²) in [6.07, 6.45) is 11.5. The Hall–Kier alpha value is -2.09. The molecule has 172 valence electrons. The number of nitrogens with one attached hydrogen (secondary N) is 1. The van der Waals surface area contributed by atoms with Crippen LogP contribution < -0.4 is 20.9 Å². The predicted molar refractivity (Wildman–Crippen MR) is 126 cm³/mol. The topological polar surface area (TPSA) is 90.6 Å². The lowest BCUT2D eigenvalue weighted by atomic mass is 9.93. The number of piperidine rings is 1. The minimum atomic E-state index is 0.0706. The van der Waals surface area contributed by atoms with Gasteiger partial charge in [-0.25, -0.2) is 4.98 Å². The standard InChI is InChI=1S/C23H39N7O/c1-3-18-16-28(2)20-15-26-23(27-22(20)30(18)19-6-4-5-7-19)25-11-8-17-9-12-29(13-10-17)21(31)14-24/h15,17-19H,3-14,16,24H2,1-2H3,(H,25,26,27). The Bertz CT molecular complexity index is 743. The van der Waals surface area contributed by atoms with Gasteiger partial charge >= 0.3 is 0 Å². The molecule has 2 aliphatic heterocycles. The van der Waals surface area contributed by atoms with E-state index in [2.05, 4.69) is 34.1 Å². The van der Waals surface area contributed by atoms with Gasteiger partial charge in [0, 0.05) is 45.3 Å². The molecule has 0 spiro atoms. The van der Waals surface area contributed by atoms with Crippen LogP contribution in [0.4, 0.5) is 17.5 Å². The third-order valence-corrected chi connectivity index (χ3v) is 7.45. The highest BCUT2D eigenvalue weighted by atomic mass is 16.2. The second-order valence-electron chi connectivity index (χ2n) is 9.43. The molecule has 3 heterocycles. The largest absolute Gasteiger partial charge is 0.368 e. The molecule has 2 fully saturated rings. The van der Waals surface area contributed by atoms with Crippen molar-refractivity contribution in [3.8, 4) is 0 Å². The predicted octanol–water partition coefficient (Wildman–Crippen LogP) is 2.45. The number of likely N-dealkylation sites (tertiary alicyclic amines) is 1. The van der Waals surface area contributed by atoms with Crippen LogP contribution in [-0.2, 0) is 4.79 Å². The summed E-state index contributed by atoms with van der Waals surface area (Å²) < 4.78 is 0. The first kappa shape index (κ1) is 22.1. The summed E-state index contributed by atoms with van der Waals surface area (Å²) in [6.45, 7) is 5.98. The third-order valence-electron chi connectivity index (χ3n) is 7.45. The number of anilines is 3. The molecule has 1 atom stereocenters. The molecular formula is C23H39N7O. The van der Waals surface area contributed by atoms with Gasteiger partial charge in [-0.05, 0) is 44.4 Å². The van der Waals surface area contributed by atoms with Crippen molar-refractivity contribution >= 4 is 23.4 Å². The number of hydrogen-bond donors (Lipinski definition) is 2. The van der Waals surface area contributed by atoms with Crippen molar-refractivity contribution in [1.82, 2.24) is 14.9 Å². The van der Waals surface area contributed by atoms with Gasteiger partial charge in [-0.1, -0.05) is 19.8 Å². The SMILES string of the molecule is CCC1CN(C)c2cnc(NCCC3CCN(C(=O)CN)CC3)nc2N1C1CCCC1. The zero-order valence-electron chi connectivity index (χ0n) is 19.2. The normalized spacial score (nSPS) is 22.7. The van der Waals surface area contributed by atoms with Gasteiger partial charge in [0.2, 0.25) is 11.9 Å². The van der Waals surface area contributed by atoms with E-state index in [4.69, 9.17) is 10.7 Å². The van der Waals surface area contributed by atoms with Gasteiger partial charge in [0.15, 0.2) is 5.82 Å². The van der Waals surface area contributed by atoms with Gasteiger partial charge in [0.05, 0.1) is 18.4 Å². The van der Waals surface area contributed by atoms with Gasteiger partial charge in [-0.2, -0.15) is 4.98 Å². The highest BCUT2D eigenvalue weighted by molar-refractivity contribution is 5.78. The molecule has 4 rings (SSSR count). The van der Waals surface area contributed by atoms with E-state index in [9.17, 15) is 4.79 Å². The molecule has 1 saturated heterocycles. The first-order valence-corrected chi connectivity index (χ1v) is 12.2. The number of nitrogens with zero attached hydrogens (tertiary/aromatic N) is 5. The van der Waals surface area contributed by atoms with E-state index in [1.165, 1.54) is 25.7 Å². The lowest BCUT2D eigenvalue weighted by Gasteiger charge is -2.45. The number of nitrogens with two attached hydrogens (primary N) is 1. The Morgan fingerprint density at radius 2 is 1.97 bits per heavy atom. The molecular weight excluding hydrogens is 390 g/mol. The molecule has 1 unspecified atom stereocenters. The number of amides is 1. The van der Waals surface area contributed by atoms with Crippen molar-refractivity contribution < 1.29 is 4.79 Å². The Kier molecular flexibility index (Phi) is 7.15. The van der Waals surface area contributed by atoms with Crippen LogP contribution in [0, 0.1) is 5.92 Å². The van der Waals surface area contributed by atoms with Crippen LogP contribution in [0.15, 0.2) is 6.20 Å². The van der Waals surface area contributed by atoms with Crippen molar-refractivity contribution in [1.29, 1.82) is 0 Å². The Balaban J connectivity index is 1.37. The quantitative estimate of drug-likeness (QED) is 0.688. The number of likely N-dealkylation sites (N-methyl/N-ethyl adjacent to an activating group) is 1. The molecule has 1 aromatic heterocycles. The van der Waals surface area contributed by atoms with E-state index in [1.54, 1.807) is 0 Å². The zero-order chi connectivity index (χ0) is 21.8. The number of hydrogen-bond acceptors (Lipinski definition) is 7. The number of rotatable bonds is 7. The number of aromatic nitrogens is 2. The summed E-state index contributed by atoms with van der Waals surface area (Å²) in [5, 5.41) is 3.48. The summed E-state index contributed by atoms with van der Waals surface area (Å²) >= 11 is 0. The van der Waals surface area contributed by atoms with Gasteiger partial charge in [0.1, 0.15) is 0 Å². The lowest BCUT2D eigenvalue weighted by Crippen LogP contribution is -2.52. The van der Waals surface area contributed by atoms with E-state index in [-0.39, 0.29) is 12.5 Å². The van der Waals surface area contributed by atoms with Crippen LogP contribution in [0.3, 0.4) is 0 Å². The van der Waals surface area contributed by atoms with Gasteiger partial charge < -0.3 is 25.8 Å². The molecule has 1 aliphatic carbocycles. The summed E-state index contributed by atoms with van der Waals surface area (Å²) in [5.74, 6) is 2.56. The fourth-order valence-corrected chi connectivity index (χ4v) is 5.55. The van der Waals surface area contributed by atoms with Gasteiger partial charge in [0.25, 0.3) is 0 Å². The lowest BCUT2D eigenvalue weighted by molar-refractivity contribution is -0.131. The summed E-state index contributed by atoms with van der Waals surface area (Å²) in [5.41, 5.74) is 6.64. The van der Waals surface area contributed by atoms with Crippen LogP contribution in [-0.4, -0.2) is 72.6 Å². The van der Waals surface area contributed by atoms with Crippen LogP contribution in [0.2, 0.25) is 0 Å². The van der Waals surface area contributed by atoms with Crippen molar-refractivity contribution in [2.24, 2.45) is 11.7 Å². The maximum absolute atomic E-state index is 11.7. The average Bonchev–Trinajstić information content (AvgIpc) is 3.33. The number of carbonyl (C=O) groups excluding carboxylic acids is 1. The zero-order valence-corrected chi connectivity index (χ0v) is 19.2. The third kappa shape index (κ3) is 4.89. The maximum Gasteiger partial charge on any atom is 0.236 e. The summed E-state index contributed by atoms with van der Waals surface area (Å²) in [4.78, 5) is 28.2. The van der Waals surface area contributed by atoms with Crippen molar-refractivity contribution in [3.05, 3.63) is 6.20 Å². The number of carbonyl (C=O) groups is 1. The summed E-state index contributed by atoms with van der Waals surface area (Å²) in [6, 6.07) is 1.13. The smallest absolute Gasteiger partial charge is 0.236 e. The molecule has 8 nitrogen and oxygen atoms in total. The van der Waals surface area contributed by atoms with Crippen LogP contribution >= 0.6 is 0 Å². The highest BCUT2D eigenvalue weighted by Crippen LogP contribution is 2.39. The molecule has 3 N–H and O–H groups in total. The summed E-state index contributed by atoms with van der Waals surface area (Å²) in [7, 11) is 2.16. The van der Waals surface area contributed by atoms with Gasteiger partial charge in [-0.3, -0.25) is 4.79 Å². The Morgan fingerprint density at radius 3 is 2.65 bits per heavy atom. The Morgan fingerprint density at radius 1 is 1.23 bits per heavy atom. The monoisotopic (exact) mass is 429 g/mol. The van der Waals surface area contributed by atoms with E-state index < -0.39 is 0 Å². The van der Waals surface area contributed by atoms with E-state index in [0.717, 1.165) is 69.3 Å². The van der Waals surface area contributed by atoms with Gasteiger partial charge in [-0.15, -0.1) is 0 Å². The van der Waals surface area contributed by atoms with Crippen LogP contribution in [0.25, 0.3) is 0 Å². The average molecular weight is 430 g/mol. The second kappa shape index (κ2) is 10.0. The fraction of sp³-hybridized carbons (Fsp3) is 0.783. The van der Waals surface area contributed by atoms with Crippen molar-refractivity contribution in [2.75, 3.05) is 54.9 Å². The van der Waals surface area contributed by atoms with E-state index in [1.807, 2.05) is 11.1 Å². The Labute approximate surface area is 186 Å². The molecule has 31 heavy (non-hydrogen) atoms. The highest BCUT2D eigenvalue weighted by Gasteiger charge is 2.36. The number of fused-ring (bicyclic) bond motifs is 1. The van der Waals surface area contributed by atoms with E-state index in [0.29, 0.717) is 18.0 Å². The van der Waals surface area contributed by atoms with Crippen LogP contribution in [0.1, 0.15) is 58.3 Å². The molecule has 0 radical (unpaired) electrons. The maximum atomic E-state index is 11.7. The van der Waals surface area contributed by atoms with Crippen molar-refractivity contribution in [2.45, 2.75) is 70.4 Å². The fourth-order valence-electron chi connectivity index (χ4n) is 5.55. The molecule has 3 aliphatic rings. The minimum absolute atomic E-state index is 0.0706. The molecule has 1 amide bonds. The van der Waals surface area contributed by atoms with Crippen LogP contribution in [0.5, 0.6) is 0 Å². The first-order valence-electron chi connectivity index (χ1n) is 12.2. The molecule has 1 saturated carbocycles.